The maximum atomic E-state index is 12.7. The highest BCUT2D eigenvalue weighted by Crippen LogP contribution is 2.41. The standard InChI is InChI=1S/C17H20N4O3/c18-14-8-20(7-13(14)10-1-2-10)16(23)11-3-5-12(6-4-11)21-9-15(22)19-17(21)24/h3-6,10,13-14H,1-2,7-9,18H2,(H,19,22,24)/t13-,14+/m0/s1. The number of hydrogen-bond donors (Lipinski definition) is 2. The van der Waals surface area contributed by atoms with E-state index in [1.54, 1.807) is 24.3 Å². The lowest BCUT2D eigenvalue weighted by Crippen LogP contribution is -2.32. The van der Waals surface area contributed by atoms with Gasteiger partial charge in [-0.1, -0.05) is 0 Å². The number of urea groups is 1. The molecule has 2 atom stereocenters. The van der Waals surface area contributed by atoms with Crippen molar-refractivity contribution in [1.29, 1.82) is 0 Å². The van der Waals surface area contributed by atoms with Gasteiger partial charge in [0.15, 0.2) is 0 Å². The van der Waals surface area contributed by atoms with E-state index in [1.807, 2.05) is 4.90 Å². The van der Waals surface area contributed by atoms with Crippen molar-refractivity contribution in [2.75, 3.05) is 24.5 Å². The maximum Gasteiger partial charge on any atom is 0.329 e. The Morgan fingerprint density at radius 2 is 1.83 bits per heavy atom. The van der Waals surface area contributed by atoms with Crippen LogP contribution in [0.3, 0.4) is 0 Å². The van der Waals surface area contributed by atoms with Gasteiger partial charge in [0.05, 0.1) is 0 Å². The van der Waals surface area contributed by atoms with Crippen LogP contribution in [0.1, 0.15) is 23.2 Å². The van der Waals surface area contributed by atoms with Gasteiger partial charge in [-0.15, -0.1) is 0 Å². The van der Waals surface area contributed by atoms with Crippen molar-refractivity contribution in [3.8, 4) is 0 Å². The Bertz CT molecular complexity index is 698. The highest BCUT2D eigenvalue weighted by molar-refractivity contribution is 6.12. The maximum absolute atomic E-state index is 12.7. The zero-order valence-corrected chi connectivity index (χ0v) is 13.3. The van der Waals surface area contributed by atoms with Crippen molar-refractivity contribution in [2.45, 2.75) is 18.9 Å². The molecule has 1 aliphatic carbocycles. The zero-order chi connectivity index (χ0) is 16.8. The van der Waals surface area contributed by atoms with E-state index in [1.165, 1.54) is 17.7 Å². The van der Waals surface area contributed by atoms with Gasteiger partial charge in [-0.2, -0.15) is 0 Å². The second-order valence-corrected chi connectivity index (χ2v) is 6.86. The van der Waals surface area contributed by atoms with Crippen LogP contribution in [0.15, 0.2) is 24.3 Å². The van der Waals surface area contributed by atoms with Crippen molar-refractivity contribution in [1.82, 2.24) is 10.2 Å². The number of imide groups is 1. The number of amides is 4. The number of carbonyl (C=O) groups excluding carboxylic acids is 3. The Hall–Kier alpha value is -2.41. The summed E-state index contributed by atoms with van der Waals surface area (Å²) in [6.45, 7) is 1.34. The Labute approximate surface area is 139 Å². The first-order valence-corrected chi connectivity index (χ1v) is 8.29. The molecule has 0 bridgehead atoms. The smallest absolute Gasteiger partial charge is 0.329 e. The summed E-state index contributed by atoms with van der Waals surface area (Å²) in [5.74, 6) is 0.762. The lowest BCUT2D eigenvalue weighted by atomic mass is 9.99. The summed E-state index contributed by atoms with van der Waals surface area (Å²) in [6.07, 6.45) is 2.46. The summed E-state index contributed by atoms with van der Waals surface area (Å²) < 4.78 is 0. The minimum absolute atomic E-state index is 0.0101. The molecule has 3 N–H and O–H groups in total. The van der Waals surface area contributed by atoms with Crippen LogP contribution in [0.25, 0.3) is 0 Å². The molecule has 24 heavy (non-hydrogen) atoms. The lowest BCUT2D eigenvalue weighted by Gasteiger charge is -2.17. The topological polar surface area (TPSA) is 95.7 Å². The Balaban J connectivity index is 1.46. The largest absolute Gasteiger partial charge is 0.337 e. The number of anilines is 1. The molecular weight excluding hydrogens is 308 g/mol. The van der Waals surface area contributed by atoms with Crippen LogP contribution in [0.2, 0.25) is 0 Å². The number of nitrogens with two attached hydrogens (primary N) is 1. The Morgan fingerprint density at radius 3 is 2.42 bits per heavy atom. The Morgan fingerprint density at radius 1 is 1.12 bits per heavy atom. The van der Waals surface area contributed by atoms with Gasteiger partial charge in [-0.25, -0.2) is 4.79 Å². The average molecular weight is 328 g/mol. The molecule has 2 aliphatic heterocycles. The average Bonchev–Trinajstić information content (AvgIpc) is 3.25. The highest BCUT2D eigenvalue weighted by Gasteiger charge is 2.42. The summed E-state index contributed by atoms with van der Waals surface area (Å²) in [6, 6.07) is 6.42. The number of likely N-dealkylation sites (tertiary alicyclic amines) is 1. The Kier molecular flexibility index (Phi) is 3.53. The minimum atomic E-state index is -0.433. The predicted octanol–water partition coefficient (Wildman–Crippen LogP) is 0.552. The first-order chi connectivity index (χ1) is 11.5. The third kappa shape index (κ3) is 2.65. The molecule has 0 spiro atoms. The van der Waals surface area contributed by atoms with E-state index < -0.39 is 6.03 Å². The van der Waals surface area contributed by atoms with Gasteiger partial charge >= 0.3 is 6.03 Å². The highest BCUT2D eigenvalue weighted by atomic mass is 16.2. The van der Waals surface area contributed by atoms with Crippen LogP contribution in [-0.4, -0.2) is 48.4 Å². The van der Waals surface area contributed by atoms with Crippen LogP contribution in [0, 0.1) is 11.8 Å². The number of hydrogen-bond acceptors (Lipinski definition) is 4. The molecule has 0 aromatic heterocycles. The third-order valence-electron chi connectivity index (χ3n) is 5.15. The lowest BCUT2D eigenvalue weighted by molar-refractivity contribution is -0.117. The van der Waals surface area contributed by atoms with Crippen LogP contribution in [0.5, 0.6) is 0 Å². The van der Waals surface area contributed by atoms with Gasteiger partial charge in [-0.05, 0) is 48.9 Å². The van der Waals surface area contributed by atoms with E-state index in [2.05, 4.69) is 5.32 Å². The van der Waals surface area contributed by atoms with Crippen LogP contribution < -0.4 is 16.0 Å². The molecule has 0 radical (unpaired) electrons. The molecular formula is C17H20N4O3. The molecule has 7 heteroatoms. The monoisotopic (exact) mass is 328 g/mol. The molecule has 4 amide bonds. The van der Waals surface area contributed by atoms with E-state index in [0.29, 0.717) is 29.6 Å². The predicted molar refractivity (Wildman–Crippen MR) is 87.4 cm³/mol. The molecule has 0 unspecified atom stereocenters. The van der Waals surface area contributed by atoms with Gasteiger partial charge < -0.3 is 10.6 Å². The molecule has 1 aromatic rings. The second-order valence-electron chi connectivity index (χ2n) is 6.86. The van der Waals surface area contributed by atoms with Gasteiger partial charge in [-0.3, -0.25) is 19.8 Å². The van der Waals surface area contributed by atoms with Gasteiger partial charge in [0.1, 0.15) is 6.54 Å². The molecule has 2 heterocycles. The van der Waals surface area contributed by atoms with E-state index in [4.69, 9.17) is 5.73 Å². The van der Waals surface area contributed by atoms with E-state index in [9.17, 15) is 14.4 Å². The van der Waals surface area contributed by atoms with Crippen molar-refractivity contribution in [3.05, 3.63) is 29.8 Å². The third-order valence-corrected chi connectivity index (χ3v) is 5.15. The van der Waals surface area contributed by atoms with Gasteiger partial charge in [0.25, 0.3) is 5.91 Å². The van der Waals surface area contributed by atoms with Crippen molar-refractivity contribution < 1.29 is 14.4 Å². The van der Waals surface area contributed by atoms with Gasteiger partial charge in [0.2, 0.25) is 5.91 Å². The number of rotatable bonds is 3. The summed E-state index contributed by atoms with van der Waals surface area (Å²) in [5.41, 5.74) is 7.36. The quantitative estimate of drug-likeness (QED) is 0.792. The van der Waals surface area contributed by atoms with Crippen molar-refractivity contribution >= 4 is 23.5 Å². The van der Waals surface area contributed by atoms with E-state index in [-0.39, 0.29) is 24.4 Å². The second kappa shape index (κ2) is 5.59. The first-order valence-electron chi connectivity index (χ1n) is 8.29. The number of nitrogens with one attached hydrogen (secondary N) is 1. The SMILES string of the molecule is N[C@@H]1CN(C(=O)c2ccc(N3CC(=O)NC3=O)cc2)C[C@H]1C1CC1. The van der Waals surface area contributed by atoms with Crippen LogP contribution in [-0.2, 0) is 4.79 Å². The minimum Gasteiger partial charge on any atom is -0.337 e. The van der Waals surface area contributed by atoms with Crippen molar-refractivity contribution in [3.63, 3.8) is 0 Å². The number of benzene rings is 1. The summed E-state index contributed by atoms with van der Waals surface area (Å²) in [4.78, 5) is 38.8. The fourth-order valence-corrected chi connectivity index (χ4v) is 3.66. The van der Waals surface area contributed by atoms with Crippen LogP contribution in [0.4, 0.5) is 10.5 Å². The molecule has 1 aromatic carbocycles. The number of carbonyl (C=O) groups is 3. The molecule has 2 saturated heterocycles. The van der Waals surface area contributed by atoms with E-state index in [0.717, 1.165) is 6.54 Å². The van der Waals surface area contributed by atoms with Crippen LogP contribution >= 0.6 is 0 Å². The number of nitrogens with zero attached hydrogens (tertiary/aromatic N) is 2. The van der Waals surface area contributed by atoms with E-state index >= 15 is 0 Å². The zero-order valence-electron chi connectivity index (χ0n) is 13.3. The molecule has 126 valence electrons. The first kappa shape index (κ1) is 15.1. The van der Waals surface area contributed by atoms with Gasteiger partial charge in [0, 0.05) is 30.4 Å². The fourth-order valence-electron chi connectivity index (χ4n) is 3.66. The fraction of sp³-hybridized carbons (Fsp3) is 0.471. The summed E-state index contributed by atoms with van der Waals surface area (Å²) in [7, 11) is 0. The van der Waals surface area contributed by atoms with Crippen molar-refractivity contribution in [2.24, 2.45) is 17.6 Å². The summed E-state index contributed by atoms with van der Waals surface area (Å²) >= 11 is 0. The molecule has 7 nitrogen and oxygen atoms in total. The summed E-state index contributed by atoms with van der Waals surface area (Å²) in [5, 5.41) is 2.23. The molecule has 4 rings (SSSR count). The normalized spacial score (nSPS) is 26.9. The molecule has 3 aliphatic rings. The molecule has 3 fully saturated rings. The molecule has 1 saturated carbocycles.